The second-order valence-electron chi connectivity index (χ2n) is 4.66. The lowest BCUT2D eigenvalue weighted by Crippen LogP contribution is -2.48. The summed E-state index contributed by atoms with van der Waals surface area (Å²) in [5, 5.41) is 9.94. The zero-order valence-corrected chi connectivity index (χ0v) is 10.3. The highest BCUT2D eigenvalue weighted by molar-refractivity contribution is 5.91. The number of nitrogens with one attached hydrogen (secondary N) is 2. The summed E-state index contributed by atoms with van der Waals surface area (Å²) in [6.45, 7) is 6.82. The fourth-order valence-electron chi connectivity index (χ4n) is 1.65. The molecule has 0 bridgehead atoms. The van der Waals surface area contributed by atoms with E-state index in [2.05, 4.69) is 29.6 Å². The molecule has 1 aliphatic rings. The van der Waals surface area contributed by atoms with Gasteiger partial charge in [0.1, 0.15) is 0 Å². The van der Waals surface area contributed by atoms with Gasteiger partial charge in [0.2, 0.25) is 5.76 Å². The van der Waals surface area contributed by atoms with Gasteiger partial charge in [0.25, 0.3) is 5.91 Å². The summed E-state index contributed by atoms with van der Waals surface area (Å²) in [6.07, 6.45) is 0.987. The monoisotopic (exact) mass is 237 g/mol. The Kier molecular flexibility index (Phi) is 3.78. The highest BCUT2D eigenvalue weighted by Crippen LogP contribution is 2.18. The average molecular weight is 237 g/mol. The van der Waals surface area contributed by atoms with Crippen molar-refractivity contribution in [2.75, 3.05) is 19.6 Å². The Labute approximate surface area is 101 Å². The molecule has 5 heteroatoms. The molecule has 1 unspecified atom stereocenters. The number of hydrogen-bond donors (Lipinski definition) is 2. The van der Waals surface area contributed by atoms with Gasteiger partial charge in [-0.1, -0.05) is 19.0 Å². The van der Waals surface area contributed by atoms with Gasteiger partial charge < -0.3 is 15.2 Å². The highest BCUT2D eigenvalue weighted by atomic mass is 16.5. The first kappa shape index (κ1) is 12.1. The van der Waals surface area contributed by atoms with E-state index in [4.69, 9.17) is 4.52 Å². The number of aromatic nitrogens is 1. The van der Waals surface area contributed by atoms with E-state index >= 15 is 0 Å². The third-order valence-corrected chi connectivity index (χ3v) is 3.29. The molecule has 2 heterocycles. The molecule has 0 saturated carbocycles. The standard InChI is InChI=1S/C12H19N3O2/c1-3-8(2)10-4-11(17-15-10)12(16)14-7-9-5-13-6-9/h4,8-9,13H,3,5-7H2,1-2H3,(H,14,16). The third kappa shape index (κ3) is 2.85. The summed E-state index contributed by atoms with van der Waals surface area (Å²) in [5.41, 5.74) is 0.850. The van der Waals surface area contributed by atoms with Gasteiger partial charge in [-0.3, -0.25) is 4.79 Å². The molecule has 1 aromatic rings. The lowest BCUT2D eigenvalue weighted by molar-refractivity contribution is 0.0905. The molecular weight excluding hydrogens is 218 g/mol. The second kappa shape index (κ2) is 5.31. The highest BCUT2D eigenvalue weighted by Gasteiger charge is 2.20. The van der Waals surface area contributed by atoms with E-state index < -0.39 is 0 Å². The van der Waals surface area contributed by atoms with E-state index in [-0.39, 0.29) is 5.91 Å². The number of nitrogens with zero attached hydrogens (tertiary/aromatic N) is 1. The lowest BCUT2D eigenvalue weighted by Gasteiger charge is -2.26. The van der Waals surface area contributed by atoms with Crippen molar-refractivity contribution in [3.05, 3.63) is 17.5 Å². The van der Waals surface area contributed by atoms with Crippen LogP contribution < -0.4 is 10.6 Å². The van der Waals surface area contributed by atoms with Crippen LogP contribution in [0.3, 0.4) is 0 Å². The van der Waals surface area contributed by atoms with Crippen LogP contribution in [-0.4, -0.2) is 30.7 Å². The van der Waals surface area contributed by atoms with Gasteiger partial charge in [-0.15, -0.1) is 0 Å². The van der Waals surface area contributed by atoms with E-state index in [1.54, 1.807) is 6.07 Å². The van der Waals surface area contributed by atoms with Crippen LogP contribution in [0.4, 0.5) is 0 Å². The van der Waals surface area contributed by atoms with E-state index in [1.165, 1.54) is 0 Å². The average Bonchev–Trinajstić information content (AvgIpc) is 2.75. The first-order valence-electron chi connectivity index (χ1n) is 6.16. The van der Waals surface area contributed by atoms with Crippen molar-refractivity contribution in [1.29, 1.82) is 0 Å². The Balaban J connectivity index is 1.87. The molecule has 2 rings (SSSR count). The summed E-state index contributed by atoms with van der Waals surface area (Å²) in [5.74, 6) is 1.03. The predicted molar refractivity (Wildman–Crippen MR) is 63.9 cm³/mol. The Bertz CT molecular complexity index is 385. The zero-order valence-electron chi connectivity index (χ0n) is 10.3. The van der Waals surface area contributed by atoms with E-state index in [0.717, 1.165) is 25.2 Å². The van der Waals surface area contributed by atoms with Crippen molar-refractivity contribution in [3.63, 3.8) is 0 Å². The second-order valence-corrected chi connectivity index (χ2v) is 4.66. The molecule has 0 radical (unpaired) electrons. The molecular formula is C12H19N3O2. The van der Waals surface area contributed by atoms with Gasteiger partial charge in [-0.25, -0.2) is 0 Å². The van der Waals surface area contributed by atoms with E-state index in [9.17, 15) is 4.79 Å². The normalized spacial score (nSPS) is 17.5. The molecule has 1 amide bonds. The molecule has 1 fully saturated rings. The largest absolute Gasteiger partial charge is 0.351 e. The number of carbonyl (C=O) groups is 1. The smallest absolute Gasteiger partial charge is 0.289 e. The van der Waals surface area contributed by atoms with E-state index in [0.29, 0.717) is 24.1 Å². The molecule has 1 aliphatic heterocycles. The lowest BCUT2D eigenvalue weighted by atomic mass is 10.0. The maximum atomic E-state index is 11.7. The Morgan fingerprint density at radius 1 is 1.71 bits per heavy atom. The number of rotatable bonds is 5. The fourth-order valence-corrected chi connectivity index (χ4v) is 1.65. The number of amides is 1. The summed E-state index contributed by atoms with van der Waals surface area (Å²) in [6, 6.07) is 1.74. The minimum absolute atomic E-state index is 0.168. The van der Waals surface area contributed by atoms with Crippen molar-refractivity contribution in [1.82, 2.24) is 15.8 Å². The fraction of sp³-hybridized carbons (Fsp3) is 0.667. The van der Waals surface area contributed by atoms with Crippen molar-refractivity contribution in [2.45, 2.75) is 26.2 Å². The molecule has 1 atom stereocenters. The molecule has 94 valence electrons. The maximum absolute atomic E-state index is 11.7. The van der Waals surface area contributed by atoms with Gasteiger partial charge in [0.05, 0.1) is 5.69 Å². The van der Waals surface area contributed by atoms with Gasteiger partial charge in [-0.2, -0.15) is 0 Å². The first-order chi connectivity index (χ1) is 8.20. The molecule has 17 heavy (non-hydrogen) atoms. The van der Waals surface area contributed by atoms with Gasteiger partial charge in [0, 0.05) is 37.5 Å². The first-order valence-corrected chi connectivity index (χ1v) is 6.16. The molecule has 1 aromatic heterocycles. The zero-order chi connectivity index (χ0) is 12.3. The van der Waals surface area contributed by atoms with Crippen LogP contribution in [0.2, 0.25) is 0 Å². The number of hydrogen-bond acceptors (Lipinski definition) is 4. The van der Waals surface area contributed by atoms with Crippen LogP contribution >= 0.6 is 0 Å². The minimum Gasteiger partial charge on any atom is -0.351 e. The Morgan fingerprint density at radius 3 is 3.06 bits per heavy atom. The van der Waals surface area contributed by atoms with Crippen molar-refractivity contribution >= 4 is 5.91 Å². The Morgan fingerprint density at radius 2 is 2.47 bits per heavy atom. The summed E-state index contributed by atoms with van der Waals surface area (Å²) >= 11 is 0. The van der Waals surface area contributed by atoms with Crippen LogP contribution in [-0.2, 0) is 0 Å². The molecule has 0 aromatic carbocycles. The van der Waals surface area contributed by atoms with Crippen molar-refractivity contribution in [3.8, 4) is 0 Å². The Hall–Kier alpha value is -1.36. The summed E-state index contributed by atoms with van der Waals surface area (Å²) < 4.78 is 5.06. The van der Waals surface area contributed by atoms with Crippen LogP contribution in [0.25, 0.3) is 0 Å². The molecule has 5 nitrogen and oxygen atoms in total. The number of carbonyl (C=O) groups excluding carboxylic acids is 1. The van der Waals surface area contributed by atoms with Gasteiger partial charge >= 0.3 is 0 Å². The van der Waals surface area contributed by atoms with Crippen molar-refractivity contribution < 1.29 is 9.32 Å². The van der Waals surface area contributed by atoms with Crippen LogP contribution in [0.1, 0.15) is 42.4 Å². The van der Waals surface area contributed by atoms with Gasteiger partial charge in [0.15, 0.2) is 0 Å². The van der Waals surface area contributed by atoms with Gasteiger partial charge in [-0.05, 0) is 6.42 Å². The quantitative estimate of drug-likeness (QED) is 0.805. The van der Waals surface area contributed by atoms with E-state index in [1.807, 2.05) is 0 Å². The molecule has 0 aliphatic carbocycles. The van der Waals surface area contributed by atoms with Crippen LogP contribution in [0, 0.1) is 5.92 Å². The maximum Gasteiger partial charge on any atom is 0.289 e. The SMILES string of the molecule is CCC(C)c1cc(C(=O)NCC2CNC2)on1. The molecule has 0 spiro atoms. The minimum atomic E-state index is -0.168. The summed E-state index contributed by atoms with van der Waals surface area (Å²) in [4.78, 5) is 11.7. The van der Waals surface area contributed by atoms with Crippen molar-refractivity contribution in [2.24, 2.45) is 5.92 Å². The molecule has 1 saturated heterocycles. The topological polar surface area (TPSA) is 67.2 Å². The van der Waals surface area contributed by atoms with Crippen LogP contribution in [0.15, 0.2) is 10.6 Å². The molecule has 2 N–H and O–H groups in total. The van der Waals surface area contributed by atoms with Crippen LogP contribution in [0.5, 0.6) is 0 Å². The predicted octanol–water partition coefficient (Wildman–Crippen LogP) is 1.14. The third-order valence-electron chi connectivity index (χ3n) is 3.29. The summed E-state index contributed by atoms with van der Waals surface area (Å²) in [7, 11) is 0.